The maximum Gasteiger partial charge on any atom is 0.356 e. The number of nitrogens with zero attached hydrogens (tertiary/aromatic N) is 2. The second-order valence-electron chi connectivity index (χ2n) is 6.32. The highest BCUT2D eigenvalue weighted by Gasteiger charge is 2.38. The van der Waals surface area contributed by atoms with Crippen molar-refractivity contribution in [1.82, 2.24) is 14.9 Å². The van der Waals surface area contributed by atoms with Crippen molar-refractivity contribution in [1.29, 1.82) is 0 Å². The molecule has 116 valence electrons. The lowest BCUT2D eigenvalue weighted by molar-refractivity contribution is 0.0504. The fourth-order valence-electron chi connectivity index (χ4n) is 3.93. The number of carbonyl (C=O) groups excluding carboxylic acids is 1. The van der Waals surface area contributed by atoms with Crippen LogP contribution >= 0.6 is 0 Å². The Labute approximate surface area is 126 Å². The van der Waals surface area contributed by atoms with Crippen LogP contribution in [0.25, 0.3) is 0 Å². The Morgan fingerprint density at radius 1 is 1.48 bits per heavy atom. The van der Waals surface area contributed by atoms with Gasteiger partial charge in [0, 0.05) is 11.6 Å². The molecule has 1 saturated heterocycles. The third-order valence-electron chi connectivity index (χ3n) is 4.96. The van der Waals surface area contributed by atoms with Gasteiger partial charge in [0.25, 0.3) is 0 Å². The zero-order chi connectivity index (χ0) is 14.7. The predicted octanol–water partition coefficient (Wildman–Crippen LogP) is 2.69. The van der Waals surface area contributed by atoms with E-state index < -0.39 is 0 Å². The van der Waals surface area contributed by atoms with Crippen molar-refractivity contribution in [2.24, 2.45) is 0 Å². The molecule has 1 spiro atoms. The van der Waals surface area contributed by atoms with E-state index in [1.54, 1.807) is 12.5 Å². The highest BCUT2D eigenvalue weighted by molar-refractivity contribution is 5.87. The van der Waals surface area contributed by atoms with E-state index in [0.29, 0.717) is 18.3 Å². The molecule has 0 amide bonds. The molecule has 1 saturated carbocycles. The zero-order valence-corrected chi connectivity index (χ0v) is 12.8. The first-order valence-electron chi connectivity index (χ1n) is 8.18. The van der Waals surface area contributed by atoms with E-state index in [1.165, 1.54) is 32.1 Å². The number of carbonyl (C=O) groups is 1. The first-order valence-corrected chi connectivity index (χ1v) is 8.18. The van der Waals surface area contributed by atoms with Crippen LogP contribution < -0.4 is 5.32 Å². The van der Waals surface area contributed by atoms with Gasteiger partial charge < -0.3 is 14.6 Å². The fourth-order valence-corrected chi connectivity index (χ4v) is 3.93. The van der Waals surface area contributed by atoms with Gasteiger partial charge in [0.15, 0.2) is 0 Å². The van der Waals surface area contributed by atoms with Crippen LogP contribution in [-0.4, -0.2) is 34.2 Å². The Hall–Kier alpha value is -1.36. The van der Waals surface area contributed by atoms with Crippen LogP contribution in [0, 0.1) is 0 Å². The standard InChI is InChI=1S/C16H25N3O2/c1-2-21-15(20)14-11-17-12-19(14)13-6-9-18-16(10-13)7-4-3-5-8-16/h11-13,18H,2-10H2,1H3. The van der Waals surface area contributed by atoms with Gasteiger partial charge in [-0.15, -0.1) is 0 Å². The average Bonchev–Trinajstić information content (AvgIpc) is 2.98. The van der Waals surface area contributed by atoms with E-state index in [1.807, 2.05) is 11.5 Å². The summed E-state index contributed by atoms with van der Waals surface area (Å²) in [4.78, 5) is 16.2. The summed E-state index contributed by atoms with van der Waals surface area (Å²) in [5.41, 5.74) is 0.867. The number of imidazole rings is 1. The Morgan fingerprint density at radius 3 is 3.05 bits per heavy atom. The summed E-state index contributed by atoms with van der Waals surface area (Å²) in [6.07, 6.45) is 12.1. The quantitative estimate of drug-likeness (QED) is 0.870. The highest BCUT2D eigenvalue weighted by Crippen LogP contribution is 2.39. The van der Waals surface area contributed by atoms with Gasteiger partial charge in [0.1, 0.15) is 5.69 Å². The van der Waals surface area contributed by atoms with Crippen molar-refractivity contribution >= 4 is 5.97 Å². The predicted molar refractivity (Wildman–Crippen MR) is 80.3 cm³/mol. The third-order valence-corrected chi connectivity index (χ3v) is 4.96. The van der Waals surface area contributed by atoms with Crippen LogP contribution in [0.4, 0.5) is 0 Å². The Bertz CT molecular complexity index is 486. The molecule has 2 heterocycles. The number of ether oxygens (including phenoxy) is 1. The van der Waals surface area contributed by atoms with Crippen LogP contribution in [0.3, 0.4) is 0 Å². The monoisotopic (exact) mass is 291 g/mol. The molecule has 1 N–H and O–H groups in total. The SMILES string of the molecule is CCOC(=O)c1cncn1C1CCNC2(CCCCC2)C1. The van der Waals surface area contributed by atoms with Crippen molar-refractivity contribution in [3.05, 3.63) is 18.2 Å². The van der Waals surface area contributed by atoms with Gasteiger partial charge in [-0.2, -0.15) is 0 Å². The van der Waals surface area contributed by atoms with Gasteiger partial charge in [0.2, 0.25) is 0 Å². The summed E-state index contributed by atoms with van der Waals surface area (Å²) >= 11 is 0. The maximum absolute atomic E-state index is 12.0. The van der Waals surface area contributed by atoms with E-state index in [2.05, 4.69) is 10.3 Å². The molecule has 1 atom stereocenters. The number of hydrogen-bond donors (Lipinski definition) is 1. The van der Waals surface area contributed by atoms with Crippen LogP contribution in [0.15, 0.2) is 12.5 Å². The fraction of sp³-hybridized carbons (Fsp3) is 0.750. The van der Waals surface area contributed by atoms with Gasteiger partial charge in [-0.3, -0.25) is 0 Å². The number of hydrogen-bond acceptors (Lipinski definition) is 4. The highest BCUT2D eigenvalue weighted by atomic mass is 16.5. The van der Waals surface area contributed by atoms with E-state index in [4.69, 9.17) is 4.74 Å². The summed E-state index contributed by atoms with van der Waals surface area (Å²) in [5, 5.41) is 3.75. The van der Waals surface area contributed by atoms with E-state index >= 15 is 0 Å². The first-order chi connectivity index (χ1) is 10.2. The molecule has 21 heavy (non-hydrogen) atoms. The molecule has 2 fully saturated rings. The van der Waals surface area contributed by atoms with Gasteiger partial charge in [-0.1, -0.05) is 19.3 Å². The van der Waals surface area contributed by atoms with Gasteiger partial charge >= 0.3 is 5.97 Å². The molecule has 5 heteroatoms. The maximum atomic E-state index is 12.0. The zero-order valence-electron chi connectivity index (χ0n) is 12.8. The minimum atomic E-state index is -0.258. The Morgan fingerprint density at radius 2 is 2.29 bits per heavy atom. The molecule has 1 aromatic heterocycles. The Kier molecular flexibility index (Phi) is 4.29. The van der Waals surface area contributed by atoms with Gasteiger partial charge in [0.05, 0.1) is 19.1 Å². The molecule has 1 aromatic rings. The van der Waals surface area contributed by atoms with Crippen molar-refractivity contribution in [3.63, 3.8) is 0 Å². The second-order valence-corrected chi connectivity index (χ2v) is 6.32. The summed E-state index contributed by atoms with van der Waals surface area (Å²) in [6.45, 7) is 3.26. The molecule has 3 rings (SSSR count). The molecule has 0 bridgehead atoms. The largest absolute Gasteiger partial charge is 0.461 e. The minimum Gasteiger partial charge on any atom is -0.461 e. The summed E-state index contributed by atoms with van der Waals surface area (Å²) in [5.74, 6) is -0.258. The number of rotatable bonds is 3. The normalized spacial score (nSPS) is 24.9. The van der Waals surface area contributed by atoms with E-state index in [9.17, 15) is 4.79 Å². The van der Waals surface area contributed by atoms with Crippen molar-refractivity contribution < 1.29 is 9.53 Å². The molecule has 1 aliphatic carbocycles. The summed E-state index contributed by atoms with van der Waals surface area (Å²) < 4.78 is 7.18. The molecule has 2 aliphatic rings. The molecule has 0 aromatic carbocycles. The summed E-state index contributed by atoms with van der Waals surface area (Å²) in [7, 11) is 0. The first kappa shape index (κ1) is 14.6. The number of aromatic nitrogens is 2. The summed E-state index contributed by atoms with van der Waals surface area (Å²) in [6, 6.07) is 0.353. The average molecular weight is 291 g/mol. The second kappa shape index (κ2) is 6.18. The number of piperidine rings is 1. The molecule has 1 aliphatic heterocycles. The number of esters is 1. The van der Waals surface area contributed by atoms with Crippen LogP contribution in [0.2, 0.25) is 0 Å². The van der Waals surface area contributed by atoms with Crippen LogP contribution in [0.5, 0.6) is 0 Å². The minimum absolute atomic E-state index is 0.258. The Balaban J connectivity index is 1.77. The lowest BCUT2D eigenvalue weighted by Crippen LogP contribution is -2.52. The topological polar surface area (TPSA) is 56.1 Å². The molecule has 5 nitrogen and oxygen atoms in total. The van der Waals surface area contributed by atoms with Crippen molar-refractivity contribution in [3.8, 4) is 0 Å². The molecular formula is C16H25N3O2. The lowest BCUT2D eigenvalue weighted by Gasteiger charge is -2.45. The van der Waals surface area contributed by atoms with E-state index in [-0.39, 0.29) is 11.5 Å². The third kappa shape index (κ3) is 2.98. The smallest absolute Gasteiger partial charge is 0.356 e. The van der Waals surface area contributed by atoms with Gasteiger partial charge in [-0.05, 0) is 39.2 Å². The van der Waals surface area contributed by atoms with Gasteiger partial charge in [-0.25, -0.2) is 9.78 Å². The van der Waals surface area contributed by atoms with E-state index in [0.717, 1.165) is 19.4 Å². The molecular weight excluding hydrogens is 266 g/mol. The molecule has 1 unspecified atom stereocenters. The molecule has 0 radical (unpaired) electrons. The van der Waals surface area contributed by atoms with Crippen molar-refractivity contribution in [2.75, 3.05) is 13.2 Å². The number of nitrogens with one attached hydrogen (secondary N) is 1. The van der Waals surface area contributed by atoms with Crippen molar-refractivity contribution in [2.45, 2.75) is 63.5 Å². The van der Waals surface area contributed by atoms with Crippen LogP contribution in [0.1, 0.15) is 68.4 Å². The lowest BCUT2D eigenvalue weighted by atomic mass is 9.75. The van der Waals surface area contributed by atoms with Crippen LogP contribution in [-0.2, 0) is 4.74 Å².